The zero-order chi connectivity index (χ0) is 19.7. The molecule has 0 amide bonds. The number of methoxy groups -OCH3 is 1. The Kier molecular flexibility index (Phi) is 4.79. The molecule has 0 aliphatic heterocycles. The molecule has 0 fully saturated rings. The van der Waals surface area contributed by atoms with Crippen LogP contribution in [0, 0.1) is 0 Å². The van der Waals surface area contributed by atoms with Crippen LogP contribution in [0.15, 0.2) is 47.7 Å². The Morgan fingerprint density at radius 3 is 2.79 bits per heavy atom. The number of rotatable bonds is 6. The Balaban J connectivity index is 1.99. The van der Waals surface area contributed by atoms with Gasteiger partial charge in [0.1, 0.15) is 12.1 Å². The standard InChI is InChI=1S/C20H22N6O2/c1-24(2)10-6-11-25-12-9-15-17(19(25)27)18(26-20(23-15)21-13-22-26)14-7-4-5-8-16(14)28-3/h4-5,7-9,12-13H,6,10-11H2,1-3H3. The molecule has 0 saturated carbocycles. The molecule has 4 rings (SSSR count). The summed E-state index contributed by atoms with van der Waals surface area (Å²) in [6.07, 6.45) is 4.11. The molecule has 0 N–H and O–H groups in total. The van der Waals surface area contributed by atoms with Gasteiger partial charge in [-0.25, -0.2) is 4.98 Å². The van der Waals surface area contributed by atoms with Gasteiger partial charge in [-0.1, -0.05) is 12.1 Å². The monoisotopic (exact) mass is 378 g/mol. The number of benzene rings is 1. The summed E-state index contributed by atoms with van der Waals surface area (Å²) in [4.78, 5) is 24.2. The molecule has 0 spiro atoms. The molecule has 1 aromatic carbocycles. The molecular formula is C20H22N6O2. The van der Waals surface area contributed by atoms with Crippen LogP contribution in [0.25, 0.3) is 27.9 Å². The summed E-state index contributed by atoms with van der Waals surface area (Å²) in [7, 11) is 5.66. The van der Waals surface area contributed by atoms with Crippen LogP contribution in [0.5, 0.6) is 5.75 Å². The first-order valence-corrected chi connectivity index (χ1v) is 9.11. The maximum absolute atomic E-state index is 13.4. The van der Waals surface area contributed by atoms with Crippen molar-refractivity contribution >= 4 is 16.7 Å². The van der Waals surface area contributed by atoms with E-state index in [0.717, 1.165) is 18.5 Å². The van der Waals surface area contributed by atoms with Crippen LogP contribution < -0.4 is 10.3 Å². The third-order valence-electron chi connectivity index (χ3n) is 4.71. The lowest BCUT2D eigenvalue weighted by Gasteiger charge is -2.14. The van der Waals surface area contributed by atoms with Gasteiger partial charge in [0.2, 0.25) is 0 Å². The molecule has 0 atom stereocenters. The van der Waals surface area contributed by atoms with Gasteiger partial charge in [0.05, 0.1) is 23.7 Å². The second-order valence-corrected chi connectivity index (χ2v) is 6.86. The van der Waals surface area contributed by atoms with Crippen LogP contribution in [0.2, 0.25) is 0 Å². The van der Waals surface area contributed by atoms with Crippen molar-refractivity contribution in [2.24, 2.45) is 0 Å². The fraction of sp³-hybridized carbons (Fsp3) is 0.300. The molecule has 28 heavy (non-hydrogen) atoms. The van der Waals surface area contributed by atoms with Gasteiger partial charge in [-0.05, 0) is 45.3 Å². The van der Waals surface area contributed by atoms with Crippen LogP contribution in [0.1, 0.15) is 6.42 Å². The van der Waals surface area contributed by atoms with E-state index in [-0.39, 0.29) is 5.56 Å². The van der Waals surface area contributed by atoms with E-state index >= 15 is 0 Å². The number of ether oxygens (including phenoxy) is 1. The summed E-state index contributed by atoms with van der Waals surface area (Å²) in [5.41, 5.74) is 1.91. The van der Waals surface area contributed by atoms with E-state index in [0.29, 0.717) is 34.7 Å². The number of nitrogens with zero attached hydrogens (tertiary/aromatic N) is 6. The smallest absolute Gasteiger partial charge is 0.262 e. The molecule has 8 heteroatoms. The fourth-order valence-corrected chi connectivity index (χ4v) is 3.39. The quantitative estimate of drug-likeness (QED) is 0.511. The zero-order valence-corrected chi connectivity index (χ0v) is 16.2. The third-order valence-corrected chi connectivity index (χ3v) is 4.71. The van der Waals surface area contributed by atoms with Gasteiger partial charge in [-0.2, -0.15) is 14.6 Å². The van der Waals surface area contributed by atoms with Crippen LogP contribution in [-0.2, 0) is 6.54 Å². The van der Waals surface area contributed by atoms with Gasteiger partial charge in [0.25, 0.3) is 11.3 Å². The van der Waals surface area contributed by atoms with E-state index in [4.69, 9.17) is 4.74 Å². The van der Waals surface area contributed by atoms with Gasteiger partial charge in [-0.15, -0.1) is 0 Å². The Hall–Kier alpha value is -3.26. The predicted molar refractivity (Wildman–Crippen MR) is 108 cm³/mol. The first-order valence-electron chi connectivity index (χ1n) is 9.11. The summed E-state index contributed by atoms with van der Waals surface area (Å²) < 4.78 is 8.87. The highest BCUT2D eigenvalue weighted by Crippen LogP contribution is 2.32. The summed E-state index contributed by atoms with van der Waals surface area (Å²) in [5, 5.41) is 4.82. The summed E-state index contributed by atoms with van der Waals surface area (Å²) in [5.74, 6) is 1.10. The SMILES string of the molecule is COc1ccccc1-c1c2c(=O)n(CCCN(C)C)ccc2nc2ncnn12. The van der Waals surface area contributed by atoms with Crippen molar-refractivity contribution in [1.82, 2.24) is 29.0 Å². The molecule has 3 aromatic heterocycles. The van der Waals surface area contributed by atoms with Crippen molar-refractivity contribution in [1.29, 1.82) is 0 Å². The van der Waals surface area contributed by atoms with Crippen LogP contribution in [0.3, 0.4) is 0 Å². The van der Waals surface area contributed by atoms with Gasteiger partial charge in [0, 0.05) is 18.3 Å². The Morgan fingerprint density at radius 1 is 1.18 bits per heavy atom. The van der Waals surface area contributed by atoms with Crippen LogP contribution in [0.4, 0.5) is 0 Å². The van der Waals surface area contributed by atoms with Crippen molar-refractivity contribution in [3.05, 3.63) is 53.2 Å². The first kappa shape index (κ1) is 18.1. The van der Waals surface area contributed by atoms with E-state index in [1.165, 1.54) is 6.33 Å². The van der Waals surface area contributed by atoms with Gasteiger partial charge in [-0.3, -0.25) is 4.79 Å². The Morgan fingerprint density at radius 2 is 2.00 bits per heavy atom. The van der Waals surface area contributed by atoms with Crippen molar-refractivity contribution in [2.45, 2.75) is 13.0 Å². The van der Waals surface area contributed by atoms with Crippen molar-refractivity contribution < 1.29 is 4.74 Å². The topological polar surface area (TPSA) is 77.5 Å². The lowest BCUT2D eigenvalue weighted by Crippen LogP contribution is -2.23. The Labute approximate surface area is 162 Å². The van der Waals surface area contributed by atoms with Gasteiger partial charge < -0.3 is 14.2 Å². The summed E-state index contributed by atoms with van der Waals surface area (Å²) in [6, 6.07) is 9.44. The summed E-state index contributed by atoms with van der Waals surface area (Å²) >= 11 is 0. The lowest BCUT2D eigenvalue weighted by atomic mass is 10.1. The van der Waals surface area contributed by atoms with Crippen molar-refractivity contribution in [3.63, 3.8) is 0 Å². The zero-order valence-electron chi connectivity index (χ0n) is 16.2. The second-order valence-electron chi connectivity index (χ2n) is 6.86. The number of aryl methyl sites for hydroxylation is 1. The van der Waals surface area contributed by atoms with Crippen molar-refractivity contribution in [2.75, 3.05) is 27.7 Å². The number of pyridine rings is 1. The molecule has 0 radical (unpaired) electrons. The maximum Gasteiger partial charge on any atom is 0.262 e. The number of fused-ring (bicyclic) bond motifs is 2. The second kappa shape index (κ2) is 7.40. The normalized spacial score (nSPS) is 11.6. The lowest BCUT2D eigenvalue weighted by molar-refractivity contribution is 0.385. The third kappa shape index (κ3) is 3.11. The highest BCUT2D eigenvalue weighted by molar-refractivity contribution is 5.94. The minimum atomic E-state index is -0.0953. The highest BCUT2D eigenvalue weighted by Gasteiger charge is 2.19. The number of hydrogen-bond donors (Lipinski definition) is 0. The molecule has 0 bridgehead atoms. The number of para-hydroxylation sites is 1. The van der Waals surface area contributed by atoms with E-state index < -0.39 is 0 Å². The molecule has 3 heterocycles. The van der Waals surface area contributed by atoms with Crippen LogP contribution in [-0.4, -0.2) is 56.8 Å². The van der Waals surface area contributed by atoms with E-state index in [1.54, 1.807) is 22.4 Å². The average molecular weight is 378 g/mol. The van der Waals surface area contributed by atoms with Gasteiger partial charge >= 0.3 is 0 Å². The molecular weight excluding hydrogens is 356 g/mol. The first-order chi connectivity index (χ1) is 13.6. The maximum atomic E-state index is 13.4. The van der Waals surface area contributed by atoms with Gasteiger partial charge in [0.15, 0.2) is 0 Å². The van der Waals surface area contributed by atoms with Crippen LogP contribution >= 0.6 is 0 Å². The van der Waals surface area contributed by atoms with E-state index in [1.807, 2.05) is 44.4 Å². The fourth-order valence-electron chi connectivity index (χ4n) is 3.39. The minimum Gasteiger partial charge on any atom is -0.496 e. The molecule has 144 valence electrons. The molecule has 0 aliphatic rings. The number of hydrogen-bond acceptors (Lipinski definition) is 6. The summed E-state index contributed by atoms with van der Waals surface area (Å²) in [6.45, 7) is 1.54. The molecule has 0 aliphatic carbocycles. The number of aromatic nitrogens is 5. The molecule has 4 aromatic rings. The molecule has 8 nitrogen and oxygen atoms in total. The van der Waals surface area contributed by atoms with E-state index in [2.05, 4.69) is 20.0 Å². The Bertz CT molecular complexity index is 1190. The molecule has 0 saturated heterocycles. The average Bonchev–Trinajstić information content (AvgIpc) is 3.16. The highest BCUT2D eigenvalue weighted by atomic mass is 16.5. The predicted octanol–water partition coefficient (Wildman–Crippen LogP) is 2.07. The molecule has 0 unspecified atom stereocenters. The van der Waals surface area contributed by atoms with Crippen molar-refractivity contribution in [3.8, 4) is 17.0 Å². The minimum absolute atomic E-state index is 0.0953. The largest absolute Gasteiger partial charge is 0.496 e. The van der Waals surface area contributed by atoms with E-state index in [9.17, 15) is 4.79 Å².